The second kappa shape index (κ2) is 10.6. The molecule has 27 heavy (non-hydrogen) atoms. The van der Waals surface area contributed by atoms with E-state index in [1.54, 1.807) is 12.1 Å². The first-order chi connectivity index (χ1) is 12.6. The van der Waals surface area contributed by atoms with E-state index in [2.05, 4.69) is 10.6 Å². The fourth-order valence-electron chi connectivity index (χ4n) is 2.27. The molecule has 0 radical (unpaired) electrons. The van der Waals surface area contributed by atoms with Crippen molar-refractivity contribution in [2.24, 2.45) is 5.41 Å². The normalized spacial score (nSPS) is 11.0. The van der Waals surface area contributed by atoms with E-state index in [1.165, 1.54) is 17.0 Å². The van der Waals surface area contributed by atoms with Crippen molar-refractivity contribution >= 4 is 17.7 Å². The molecule has 1 aromatic carbocycles. The fraction of sp³-hybridized carbons (Fsp3) is 0.550. The topological polar surface area (TPSA) is 78.5 Å². The number of carbonyl (C=O) groups is 3. The molecule has 0 aliphatic rings. The van der Waals surface area contributed by atoms with Gasteiger partial charge in [-0.1, -0.05) is 32.9 Å². The van der Waals surface area contributed by atoms with Crippen LogP contribution in [0.1, 0.15) is 46.1 Å². The van der Waals surface area contributed by atoms with Crippen LogP contribution in [0.15, 0.2) is 24.3 Å². The summed E-state index contributed by atoms with van der Waals surface area (Å²) in [5.41, 5.74) is 0.330. The summed E-state index contributed by atoms with van der Waals surface area (Å²) < 4.78 is 12.9. The Morgan fingerprint density at radius 2 is 1.70 bits per heavy atom. The molecular weight excluding hydrogens is 349 g/mol. The summed E-state index contributed by atoms with van der Waals surface area (Å²) in [5.74, 6) is -0.774. The van der Waals surface area contributed by atoms with E-state index in [1.807, 2.05) is 27.7 Å². The van der Waals surface area contributed by atoms with E-state index in [9.17, 15) is 18.8 Å². The van der Waals surface area contributed by atoms with Gasteiger partial charge in [0.05, 0.1) is 6.54 Å². The average molecular weight is 379 g/mol. The number of rotatable bonds is 9. The third-order valence-corrected chi connectivity index (χ3v) is 4.01. The van der Waals surface area contributed by atoms with Gasteiger partial charge in [-0.15, -0.1) is 0 Å². The van der Waals surface area contributed by atoms with E-state index in [0.29, 0.717) is 19.5 Å². The van der Waals surface area contributed by atoms with Crippen LogP contribution < -0.4 is 10.6 Å². The molecule has 0 fully saturated rings. The summed E-state index contributed by atoms with van der Waals surface area (Å²) in [6.07, 6.45) is 0.790. The smallest absolute Gasteiger partial charge is 0.239 e. The highest BCUT2D eigenvalue weighted by molar-refractivity contribution is 5.85. The Balaban J connectivity index is 2.34. The van der Waals surface area contributed by atoms with Gasteiger partial charge in [-0.2, -0.15) is 0 Å². The van der Waals surface area contributed by atoms with Gasteiger partial charge >= 0.3 is 0 Å². The minimum Gasteiger partial charge on any atom is -0.356 e. The maximum absolute atomic E-state index is 12.9. The quantitative estimate of drug-likeness (QED) is 0.646. The van der Waals surface area contributed by atoms with Crippen molar-refractivity contribution in [3.8, 4) is 0 Å². The van der Waals surface area contributed by atoms with Crippen molar-refractivity contribution in [1.82, 2.24) is 15.5 Å². The molecule has 3 amide bonds. The average Bonchev–Trinajstić information content (AvgIpc) is 2.61. The summed E-state index contributed by atoms with van der Waals surface area (Å²) in [6.45, 7) is 8.42. The van der Waals surface area contributed by atoms with Crippen molar-refractivity contribution in [3.05, 3.63) is 35.6 Å². The number of halogens is 1. The SMILES string of the molecule is CCN(CC(=O)NCc1ccc(F)cc1)C(=O)CCCNC(=O)C(C)(C)C. The van der Waals surface area contributed by atoms with Gasteiger partial charge in [-0.05, 0) is 31.0 Å². The number of amides is 3. The van der Waals surface area contributed by atoms with Gasteiger partial charge in [0, 0.05) is 31.5 Å². The zero-order valence-corrected chi connectivity index (χ0v) is 16.6. The van der Waals surface area contributed by atoms with Crippen molar-refractivity contribution in [1.29, 1.82) is 0 Å². The lowest BCUT2D eigenvalue weighted by Crippen LogP contribution is -2.41. The molecular formula is C20H30FN3O3. The van der Waals surface area contributed by atoms with Crippen LogP contribution in [0.5, 0.6) is 0 Å². The van der Waals surface area contributed by atoms with Crippen molar-refractivity contribution in [2.75, 3.05) is 19.6 Å². The Morgan fingerprint density at radius 1 is 1.07 bits per heavy atom. The predicted molar refractivity (Wildman–Crippen MR) is 102 cm³/mol. The summed E-state index contributed by atoms with van der Waals surface area (Å²) in [6, 6.07) is 5.87. The molecule has 0 bridgehead atoms. The van der Waals surface area contributed by atoms with Gasteiger partial charge in [-0.25, -0.2) is 4.39 Å². The lowest BCUT2D eigenvalue weighted by atomic mass is 9.96. The van der Waals surface area contributed by atoms with E-state index >= 15 is 0 Å². The molecule has 1 aromatic rings. The number of nitrogens with zero attached hydrogens (tertiary/aromatic N) is 1. The Bertz CT molecular complexity index is 639. The van der Waals surface area contributed by atoms with Crippen molar-refractivity contribution < 1.29 is 18.8 Å². The Kier molecular flexibility index (Phi) is 8.91. The van der Waals surface area contributed by atoms with Crippen molar-refractivity contribution in [3.63, 3.8) is 0 Å². The molecule has 0 atom stereocenters. The van der Waals surface area contributed by atoms with Crippen LogP contribution >= 0.6 is 0 Å². The molecule has 2 N–H and O–H groups in total. The third-order valence-electron chi connectivity index (χ3n) is 4.01. The lowest BCUT2D eigenvalue weighted by molar-refractivity contribution is -0.136. The van der Waals surface area contributed by atoms with Gasteiger partial charge in [0.25, 0.3) is 0 Å². The first-order valence-corrected chi connectivity index (χ1v) is 9.20. The van der Waals surface area contributed by atoms with Crippen LogP contribution in [-0.2, 0) is 20.9 Å². The number of benzene rings is 1. The largest absolute Gasteiger partial charge is 0.356 e. The van der Waals surface area contributed by atoms with Crippen LogP contribution in [0.3, 0.4) is 0 Å². The first-order valence-electron chi connectivity index (χ1n) is 9.20. The summed E-state index contributed by atoms with van der Waals surface area (Å²) >= 11 is 0. The zero-order chi connectivity index (χ0) is 20.4. The maximum Gasteiger partial charge on any atom is 0.239 e. The number of nitrogens with one attached hydrogen (secondary N) is 2. The summed E-state index contributed by atoms with van der Waals surface area (Å²) in [5, 5.41) is 5.53. The molecule has 0 aliphatic carbocycles. The van der Waals surface area contributed by atoms with Crippen LogP contribution in [0.4, 0.5) is 4.39 Å². The maximum atomic E-state index is 12.9. The molecule has 0 saturated carbocycles. The van der Waals surface area contributed by atoms with Gasteiger partial charge in [-0.3, -0.25) is 14.4 Å². The van der Waals surface area contributed by atoms with Gasteiger partial charge in [0.1, 0.15) is 5.82 Å². The molecule has 7 heteroatoms. The monoisotopic (exact) mass is 379 g/mol. The van der Waals surface area contributed by atoms with Crippen molar-refractivity contribution in [2.45, 2.75) is 47.1 Å². The molecule has 0 heterocycles. The second-order valence-corrected chi connectivity index (χ2v) is 7.42. The highest BCUT2D eigenvalue weighted by Crippen LogP contribution is 2.12. The van der Waals surface area contributed by atoms with E-state index in [0.717, 1.165) is 5.56 Å². The van der Waals surface area contributed by atoms with E-state index < -0.39 is 5.41 Å². The summed E-state index contributed by atoms with van der Waals surface area (Å²) in [4.78, 5) is 37.6. The van der Waals surface area contributed by atoms with Crippen LogP contribution in [0.25, 0.3) is 0 Å². The lowest BCUT2D eigenvalue weighted by Gasteiger charge is -2.21. The second-order valence-electron chi connectivity index (χ2n) is 7.42. The summed E-state index contributed by atoms with van der Waals surface area (Å²) in [7, 11) is 0. The highest BCUT2D eigenvalue weighted by atomic mass is 19.1. The van der Waals surface area contributed by atoms with Gasteiger partial charge in [0.15, 0.2) is 0 Å². The minimum absolute atomic E-state index is 0.0229. The fourth-order valence-corrected chi connectivity index (χ4v) is 2.27. The Hall–Kier alpha value is -2.44. The zero-order valence-electron chi connectivity index (χ0n) is 16.6. The van der Waals surface area contributed by atoms with Crippen LogP contribution in [0.2, 0.25) is 0 Å². The molecule has 0 spiro atoms. The highest BCUT2D eigenvalue weighted by Gasteiger charge is 2.20. The molecule has 0 unspecified atom stereocenters. The minimum atomic E-state index is -0.456. The predicted octanol–water partition coefficient (Wildman–Crippen LogP) is 2.23. The van der Waals surface area contributed by atoms with E-state index in [4.69, 9.17) is 0 Å². The van der Waals surface area contributed by atoms with E-state index in [-0.39, 0.29) is 43.0 Å². The Morgan fingerprint density at radius 3 is 2.26 bits per heavy atom. The standard InChI is InChI=1S/C20H30FN3O3/c1-5-24(18(26)7-6-12-22-19(27)20(2,3)4)14-17(25)23-13-15-8-10-16(21)11-9-15/h8-11H,5-7,12-14H2,1-4H3,(H,22,27)(H,23,25). The van der Waals surface area contributed by atoms with Crippen LogP contribution in [0, 0.1) is 11.2 Å². The molecule has 0 saturated heterocycles. The third kappa shape index (κ3) is 8.66. The number of hydrogen-bond acceptors (Lipinski definition) is 3. The molecule has 0 aliphatic heterocycles. The first kappa shape index (κ1) is 22.6. The van der Waals surface area contributed by atoms with Crippen LogP contribution in [-0.4, -0.2) is 42.3 Å². The molecule has 150 valence electrons. The number of likely N-dealkylation sites (N-methyl/N-ethyl adjacent to an activating group) is 1. The Labute approximate surface area is 160 Å². The number of hydrogen-bond donors (Lipinski definition) is 2. The van der Waals surface area contributed by atoms with Gasteiger partial charge < -0.3 is 15.5 Å². The van der Waals surface area contributed by atoms with Gasteiger partial charge in [0.2, 0.25) is 17.7 Å². The number of carbonyl (C=O) groups excluding carboxylic acids is 3. The molecule has 1 rings (SSSR count). The molecule has 0 aromatic heterocycles. The molecule has 6 nitrogen and oxygen atoms in total.